The molecule has 0 saturated carbocycles. The predicted octanol–water partition coefficient (Wildman–Crippen LogP) is 15.2. The molecule has 294 valence electrons. The van der Waals surface area contributed by atoms with Gasteiger partial charge in [-0.3, -0.25) is 0 Å². The SMILES string of the molecule is Cc1ccc2oc(-c3ccc(N(c4ccccc4)c4ccc5c(c4)C(C)(C)c4cc(N(c6ccccc6)c6ccc(-c7nc8cc(C)ccc8o7)cc6)ccc4-5)cc3)nc2c1. The summed E-state index contributed by atoms with van der Waals surface area (Å²) >= 11 is 0. The Morgan fingerprint density at radius 3 is 1.18 bits per heavy atom. The van der Waals surface area contributed by atoms with Gasteiger partial charge in [0.2, 0.25) is 11.8 Å². The molecule has 2 aromatic heterocycles. The Kier molecular flexibility index (Phi) is 8.50. The second kappa shape index (κ2) is 14.2. The average Bonchev–Trinajstić information content (AvgIpc) is 3.97. The highest BCUT2D eigenvalue weighted by Crippen LogP contribution is 2.52. The maximum atomic E-state index is 6.16. The molecule has 0 saturated heterocycles. The molecule has 0 aliphatic heterocycles. The van der Waals surface area contributed by atoms with Gasteiger partial charge in [-0.1, -0.05) is 74.5 Å². The van der Waals surface area contributed by atoms with Gasteiger partial charge in [0.15, 0.2) is 11.2 Å². The fourth-order valence-corrected chi connectivity index (χ4v) is 8.87. The van der Waals surface area contributed by atoms with Crippen LogP contribution in [0.1, 0.15) is 36.1 Å². The van der Waals surface area contributed by atoms with Crippen molar-refractivity contribution in [1.29, 1.82) is 0 Å². The van der Waals surface area contributed by atoms with Crippen molar-refractivity contribution in [2.45, 2.75) is 33.1 Å². The van der Waals surface area contributed by atoms with Crippen LogP contribution in [-0.4, -0.2) is 9.97 Å². The fourth-order valence-electron chi connectivity index (χ4n) is 8.87. The van der Waals surface area contributed by atoms with Crippen molar-refractivity contribution in [3.05, 3.63) is 204 Å². The molecule has 10 aromatic rings. The van der Waals surface area contributed by atoms with Crippen LogP contribution in [0.15, 0.2) is 191 Å². The number of hydrogen-bond acceptors (Lipinski definition) is 6. The van der Waals surface area contributed by atoms with Gasteiger partial charge in [-0.15, -0.1) is 0 Å². The molecule has 0 atom stereocenters. The van der Waals surface area contributed by atoms with E-state index in [1.165, 1.54) is 22.3 Å². The van der Waals surface area contributed by atoms with Gasteiger partial charge >= 0.3 is 0 Å². The van der Waals surface area contributed by atoms with Crippen LogP contribution in [0, 0.1) is 13.8 Å². The van der Waals surface area contributed by atoms with Crippen molar-refractivity contribution in [1.82, 2.24) is 9.97 Å². The van der Waals surface area contributed by atoms with Gasteiger partial charge < -0.3 is 18.6 Å². The summed E-state index contributed by atoms with van der Waals surface area (Å²) in [5.74, 6) is 1.24. The van der Waals surface area contributed by atoms with Crippen LogP contribution in [0.5, 0.6) is 0 Å². The summed E-state index contributed by atoms with van der Waals surface area (Å²) in [4.78, 5) is 14.2. The summed E-state index contributed by atoms with van der Waals surface area (Å²) in [7, 11) is 0. The van der Waals surface area contributed by atoms with Gasteiger partial charge in [-0.05, 0) is 169 Å². The molecule has 0 unspecified atom stereocenters. The molecule has 0 radical (unpaired) electrons. The second-order valence-electron chi connectivity index (χ2n) is 16.5. The number of aryl methyl sites for hydroxylation is 2. The molecule has 0 spiro atoms. The lowest BCUT2D eigenvalue weighted by Gasteiger charge is -2.29. The van der Waals surface area contributed by atoms with Gasteiger partial charge in [-0.2, -0.15) is 0 Å². The van der Waals surface area contributed by atoms with E-state index in [1.54, 1.807) is 0 Å². The van der Waals surface area contributed by atoms with Crippen molar-refractivity contribution in [2.75, 3.05) is 9.80 Å². The molecule has 2 heterocycles. The molecule has 0 fully saturated rings. The molecule has 0 amide bonds. The van der Waals surface area contributed by atoms with E-state index in [4.69, 9.17) is 18.8 Å². The van der Waals surface area contributed by atoms with Crippen molar-refractivity contribution in [3.8, 4) is 34.0 Å². The largest absolute Gasteiger partial charge is 0.436 e. The quantitative estimate of drug-likeness (QED) is 0.153. The molecule has 6 nitrogen and oxygen atoms in total. The third-order valence-corrected chi connectivity index (χ3v) is 12.0. The summed E-state index contributed by atoms with van der Waals surface area (Å²) in [5.41, 5.74) is 18.8. The molecular formula is C55H42N4O2. The first-order chi connectivity index (χ1) is 29.8. The first-order valence-corrected chi connectivity index (χ1v) is 20.7. The molecule has 1 aliphatic rings. The third-order valence-electron chi connectivity index (χ3n) is 12.0. The molecule has 0 N–H and O–H groups in total. The van der Waals surface area contributed by atoms with Gasteiger partial charge in [0.25, 0.3) is 0 Å². The highest BCUT2D eigenvalue weighted by Gasteiger charge is 2.37. The Bertz CT molecular complexity index is 3020. The van der Waals surface area contributed by atoms with E-state index in [0.717, 1.165) is 78.6 Å². The second-order valence-corrected chi connectivity index (χ2v) is 16.5. The number of oxazole rings is 2. The number of rotatable bonds is 8. The van der Waals surface area contributed by atoms with Crippen molar-refractivity contribution < 1.29 is 8.83 Å². The van der Waals surface area contributed by atoms with Crippen LogP contribution >= 0.6 is 0 Å². The molecular weight excluding hydrogens is 749 g/mol. The summed E-state index contributed by atoms with van der Waals surface area (Å²) in [6.45, 7) is 8.83. The van der Waals surface area contributed by atoms with E-state index in [1.807, 2.05) is 12.1 Å². The molecule has 6 heteroatoms. The molecule has 8 aromatic carbocycles. The zero-order valence-corrected chi connectivity index (χ0v) is 34.4. The lowest BCUT2D eigenvalue weighted by molar-refractivity contribution is 0.619. The third kappa shape index (κ3) is 6.35. The summed E-state index contributed by atoms with van der Waals surface area (Å²) in [5, 5.41) is 0. The van der Waals surface area contributed by atoms with Crippen molar-refractivity contribution in [2.24, 2.45) is 0 Å². The number of aromatic nitrogens is 2. The lowest BCUT2D eigenvalue weighted by Crippen LogP contribution is -2.17. The number of fused-ring (bicyclic) bond motifs is 5. The van der Waals surface area contributed by atoms with Gasteiger partial charge in [0.1, 0.15) is 11.0 Å². The predicted molar refractivity (Wildman–Crippen MR) is 249 cm³/mol. The van der Waals surface area contributed by atoms with Crippen LogP contribution in [0.25, 0.3) is 56.2 Å². The fraction of sp³-hybridized carbons (Fsp3) is 0.0909. The molecule has 1 aliphatic carbocycles. The smallest absolute Gasteiger partial charge is 0.227 e. The molecule has 0 bridgehead atoms. The number of para-hydroxylation sites is 2. The van der Waals surface area contributed by atoms with E-state index in [2.05, 4.69) is 207 Å². The van der Waals surface area contributed by atoms with Crippen LogP contribution in [0.4, 0.5) is 34.1 Å². The number of anilines is 6. The van der Waals surface area contributed by atoms with Gasteiger partial charge in [0, 0.05) is 50.7 Å². The first kappa shape index (κ1) is 36.4. The van der Waals surface area contributed by atoms with E-state index in [9.17, 15) is 0 Å². The highest BCUT2D eigenvalue weighted by atomic mass is 16.4. The Balaban J connectivity index is 0.943. The number of nitrogens with zero attached hydrogens (tertiary/aromatic N) is 4. The standard InChI is InChI=1S/C55H42N4O2/c1-35-15-29-51-49(31-35)56-53(60-51)37-17-21-41(22-18-37)58(39-11-7-5-8-12-39)43-25-27-45-46-28-26-44(34-48(46)55(3,4)47(45)33-43)59(40-13-9-6-10-14-40)42-23-19-38(20-24-42)54-57-50-32-36(2)16-30-52(50)61-54/h5-34H,1-4H3. The maximum absolute atomic E-state index is 6.16. The minimum atomic E-state index is -0.272. The number of benzene rings is 8. The molecule has 11 rings (SSSR count). The zero-order valence-electron chi connectivity index (χ0n) is 34.4. The average molecular weight is 791 g/mol. The maximum Gasteiger partial charge on any atom is 0.227 e. The van der Waals surface area contributed by atoms with Crippen LogP contribution in [0.2, 0.25) is 0 Å². The van der Waals surface area contributed by atoms with E-state index < -0.39 is 0 Å². The summed E-state index contributed by atoms with van der Waals surface area (Å²) in [6.07, 6.45) is 0. The summed E-state index contributed by atoms with van der Waals surface area (Å²) in [6, 6.07) is 64.2. The van der Waals surface area contributed by atoms with Crippen LogP contribution < -0.4 is 9.80 Å². The minimum absolute atomic E-state index is 0.272. The Labute approximate surface area is 355 Å². The van der Waals surface area contributed by atoms with E-state index >= 15 is 0 Å². The topological polar surface area (TPSA) is 58.5 Å². The Morgan fingerprint density at radius 1 is 0.393 bits per heavy atom. The van der Waals surface area contributed by atoms with E-state index in [-0.39, 0.29) is 5.41 Å². The monoisotopic (exact) mass is 790 g/mol. The van der Waals surface area contributed by atoms with E-state index in [0.29, 0.717) is 11.8 Å². The minimum Gasteiger partial charge on any atom is -0.436 e. The first-order valence-electron chi connectivity index (χ1n) is 20.7. The molecule has 61 heavy (non-hydrogen) atoms. The van der Waals surface area contributed by atoms with Crippen molar-refractivity contribution in [3.63, 3.8) is 0 Å². The lowest BCUT2D eigenvalue weighted by atomic mass is 9.82. The van der Waals surface area contributed by atoms with Gasteiger partial charge in [0.05, 0.1) is 0 Å². The number of hydrogen-bond donors (Lipinski definition) is 0. The van der Waals surface area contributed by atoms with Crippen molar-refractivity contribution >= 4 is 56.3 Å². The van der Waals surface area contributed by atoms with Gasteiger partial charge in [-0.25, -0.2) is 9.97 Å². The summed E-state index contributed by atoms with van der Waals surface area (Å²) < 4.78 is 12.3. The zero-order chi connectivity index (χ0) is 41.2. The Morgan fingerprint density at radius 2 is 0.770 bits per heavy atom. The Hall–Kier alpha value is -7.70. The van der Waals surface area contributed by atoms with Crippen LogP contribution in [0.3, 0.4) is 0 Å². The normalized spacial score (nSPS) is 12.7. The van der Waals surface area contributed by atoms with Crippen LogP contribution in [-0.2, 0) is 5.41 Å². The highest BCUT2D eigenvalue weighted by molar-refractivity contribution is 5.89.